The second-order valence-electron chi connectivity index (χ2n) is 7.15. The normalized spacial score (nSPS) is 12.1. The van der Waals surface area contributed by atoms with Gasteiger partial charge in [0.25, 0.3) is 0 Å². The molecule has 0 aliphatic heterocycles. The molecule has 2 N–H and O–H groups in total. The highest BCUT2D eigenvalue weighted by Crippen LogP contribution is 2.22. The number of aromatic nitrogens is 3. The number of carbonyl (C=O) groups excluding carboxylic acids is 1. The van der Waals surface area contributed by atoms with E-state index < -0.39 is 0 Å². The van der Waals surface area contributed by atoms with Crippen LogP contribution in [0.2, 0.25) is 0 Å². The molecule has 0 saturated heterocycles. The fourth-order valence-corrected chi connectivity index (χ4v) is 2.45. The molecule has 0 amide bonds. The fraction of sp³-hybridized carbons (Fsp3) is 0.778. The molecule has 0 saturated carbocycles. The Morgan fingerprint density at radius 2 is 2.08 bits per heavy atom. The number of carbonyl (C=O) groups is 1. The van der Waals surface area contributed by atoms with Gasteiger partial charge in [0.1, 0.15) is 12.2 Å². The monoisotopic (exact) mass is 366 g/mol. The smallest absolute Gasteiger partial charge is 0.327 e. The predicted molar refractivity (Wildman–Crippen MR) is 103 cm³/mol. The summed E-state index contributed by atoms with van der Waals surface area (Å²) in [5, 5.41) is 14.6. The number of hydrogen-bond donors (Lipinski definition) is 2. The molecule has 0 radical (unpaired) electrons. The molecule has 1 heterocycles. The Bertz CT molecular complexity index is 568. The Kier molecular flexibility index (Phi) is 9.69. The maximum absolute atomic E-state index is 11.3. The molecule has 0 aliphatic carbocycles. The molecular weight excluding hydrogens is 332 g/mol. The summed E-state index contributed by atoms with van der Waals surface area (Å²) in [6.45, 7) is 10.9. The molecule has 0 bridgehead atoms. The number of guanidine groups is 1. The lowest BCUT2D eigenvalue weighted by molar-refractivity contribution is -0.141. The minimum atomic E-state index is -0.356. The van der Waals surface area contributed by atoms with Crippen LogP contribution in [0.3, 0.4) is 0 Å². The maximum atomic E-state index is 11.3. The number of rotatable bonds is 11. The van der Waals surface area contributed by atoms with Crippen molar-refractivity contribution < 1.29 is 9.53 Å². The molecule has 8 heteroatoms. The molecule has 1 rings (SSSR count). The van der Waals surface area contributed by atoms with Gasteiger partial charge >= 0.3 is 5.97 Å². The first kappa shape index (κ1) is 21.9. The van der Waals surface area contributed by atoms with E-state index in [1.54, 1.807) is 6.20 Å². The SMILES string of the molecule is CCCCCC(C)(C)CNC(=NCc1cn(CC(=O)OC)nn1)NCC. The van der Waals surface area contributed by atoms with Crippen molar-refractivity contribution in [3.63, 3.8) is 0 Å². The van der Waals surface area contributed by atoms with Gasteiger partial charge in [-0.1, -0.05) is 45.2 Å². The number of hydrogen-bond acceptors (Lipinski definition) is 5. The van der Waals surface area contributed by atoms with Crippen molar-refractivity contribution in [2.45, 2.75) is 66.5 Å². The Morgan fingerprint density at radius 1 is 1.31 bits per heavy atom. The average Bonchev–Trinajstić information content (AvgIpc) is 3.04. The summed E-state index contributed by atoms with van der Waals surface area (Å²) >= 11 is 0. The first-order chi connectivity index (χ1) is 12.4. The van der Waals surface area contributed by atoms with Crippen LogP contribution >= 0.6 is 0 Å². The van der Waals surface area contributed by atoms with Gasteiger partial charge in [0, 0.05) is 13.1 Å². The molecule has 8 nitrogen and oxygen atoms in total. The first-order valence-electron chi connectivity index (χ1n) is 9.38. The zero-order valence-corrected chi connectivity index (χ0v) is 16.8. The lowest BCUT2D eigenvalue weighted by Crippen LogP contribution is -2.42. The highest BCUT2D eigenvalue weighted by atomic mass is 16.5. The Morgan fingerprint density at radius 3 is 2.73 bits per heavy atom. The zero-order valence-electron chi connectivity index (χ0n) is 16.8. The highest BCUT2D eigenvalue weighted by molar-refractivity contribution is 5.79. The highest BCUT2D eigenvalue weighted by Gasteiger charge is 2.17. The standard InChI is InChI=1S/C18H34N6O2/c1-6-8-9-10-18(3,4)14-21-17(19-7-2)20-11-15-12-24(23-22-15)13-16(25)26-5/h12H,6-11,13-14H2,1-5H3,(H2,19,20,21). The Labute approximate surface area is 156 Å². The van der Waals surface area contributed by atoms with Crippen molar-refractivity contribution in [2.75, 3.05) is 20.2 Å². The van der Waals surface area contributed by atoms with E-state index in [1.165, 1.54) is 37.5 Å². The quantitative estimate of drug-likeness (QED) is 0.270. The van der Waals surface area contributed by atoms with Crippen molar-refractivity contribution in [3.05, 3.63) is 11.9 Å². The molecule has 1 aromatic heterocycles. The van der Waals surface area contributed by atoms with Crippen molar-refractivity contribution in [3.8, 4) is 0 Å². The minimum absolute atomic E-state index is 0.0531. The van der Waals surface area contributed by atoms with Crippen LogP contribution in [0.25, 0.3) is 0 Å². The van der Waals surface area contributed by atoms with Crippen LogP contribution in [0.15, 0.2) is 11.2 Å². The van der Waals surface area contributed by atoms with Gasteiger partial charge in [-0.25, -0.2) is 9.67 Å². The number of methoxy groups -OCH3 is 1. The van der Waals surface area contributed by atoms with Crippen LogP contribution in [0, 0.1) is 5.41 Å². The van der Waals surface area contributed by atoms with E-state index in [4.69, 9.17) is 0 Å². The summed E-state index contributed by atoms with van der Waals surface area (Å²) in [4.78, 5) is 15.8. The average molecular weight is 367 g/mol. The number of unbranched alkanes of at least 4 members (excludes halogenated alkanes) is 2. The van der Waals surface area contributed by atoms with Gasteiger partial charge in [-0.2, -0.15) is 0 Å². The molecule has 0 spiro atoms. The van der Waals surface area contributed by atoms with Gasteiger partial charge in [-0.15, -0.1) is 5.10 Å². The number of esters is 1. The fourth-order valence-electron chi connectivity index (χ4n) is 2.45. The van der Waals surface area contributed by atoms with Gasteiger partial charge in [0.05, 0.1) is 19.9 Å². The first-order valence-corrected chi connectivity index (χ1v) is 9.38. The lowest BCUT2D eigenvalue weighted by atomic mass is 9.87. The van der Waals surface area contributed by atoms with E-state index in [0.29, 0.717) is 12.2 Å². The third-order valence-corrected chi connectivity index (χ3v) is 4.04. The van der Waals surface area contributed by atoms with Crippen LogP contribution in [0.1, 0.15) is 59.1 Å². The molecule has 148 valence electrons. The van der Waals surface area contributed by atoms with Crippen LogP contribution in [-0.2, 0) is 22.6 Å². The number of nitrogens with one attached hydrogen (secondary N) is 2. The molecule has 0 aromatic carbocycles. The van der Waals surface area contributed by atoms with E-state index in [-0.39, 0.29) is 17.9 Å². The number of aliphatic imine (C=N–C) groups is 1. The molecule has 0 fully saturated rings. The van der Waals surface area contributed by atoms with E-state index in [0.717, 1.165) is 19.0 Å². The molecule has 0 unspecified atom stereocenters. The van der Waals surface area contributed by atoms with Crippen LogP contribution in [0.4, 0.5) is 0 Å². The number of ether oxygens (including phenoxy) is 1. The largest absolute Gasteiger partial charge is 0.468 e. The summed E-state index contributed by atoms with van der Waals surface area (Å²) in [7, 11) is 1.35. The Hall–Kier alpha value is -2.12. The van der Waals surface area contributed by atoms with Crippen LogP contribution in [0.5, 0.6) is 0 Å². The van der Waals surface area contributed by atoms with E-state index in [2.05, 4.69) is 51.4 Å². The maximum Gasteiger partial charge on any atom is 0.327 e. The summed E-state index contributed by atoms with van der Waals surface area (Å²) < 4.78 is 6.07. The summed E-state index contributed by atoms with van der Waals surface area (Å²) in [6, 6.07) is 0. The Balaban J connectivity index is 2.56. The van der Waals surface area contributed by atoms with E-state index in [1.807, 2.05) is 6.92 Å². The zero-order chi connectivity index (χ0) is 19.4. The van der Waals surface area contributed by atoms with Crippen LogP contribution in [-0.4, -0.2) is 47.1 Å². The molecule has 26 heavy (non-hydrogen) atoms. The molecular formula is C18H34N6O2. The second-order valence-corrected chi connectivity index (χ2v) is 7.15. The third kappa shape index (κ3) is 8.82. The minimum Gasteiger partial charge on any atom is -0.468 e. The van der Waals surface area contributed by atoms with Gasteiger partial charge in [-0.05, 0) is 18.8 Å². The topological polar surface area (TPSA) is 93.4 Å². The summed E-state index contributed by atoms with van der Waals surface area (Å²) in [5.74, 6) is 0.406. The molecule has 1 aromatic rings. The van der Waals surface area contributed by atoms with Gasteiger partial charge in [0.15, 0.2) is 5.96 Å². The summed E-state index contributed by atoms with van der Waals surface area (Å²) in [6.07, 6.45) is 6.67. The number of nitrogens with zero attached hydrogens (tertiary/aromatic N) is 4. The van der Waals surface area contributed by atoms with E-state index >= 15 is 0 Å². The van der Waals surface area contributed by atoms with Crippen molar-refractivity contribution in [1.29, 1.82) is 0 Å². The van der Waals surface area contributed by atoms with Gasteiger partial charge < -0.3 is 15.4 Å². The van der Waals surface area contributed by atoms with Crippen molar-refractivity contribution >= 4 is 11.9 Å². The third-order valence-electron chi connectivity index (χ3n) is 4.04. The van der Waals surface area contributed by atoms with E-state index in [9.17, 15) is 4.79 Å². The van der Waals surface area contributed by atoms with Crippen molar-refractivity contribution in [1.82, 2.24) is 25.6 Å². The van der Waals surface area contributed by atoms with Gasteiger partial charge in [0.2, 0.25) is 0 Å². The summed E-state index contributed by atoms with van der Waals surface area (Å²) in [5.41, 5.74) is 0.919. The molecule has 0 atom stereocenters. The predicted octanol–water partition coefficient (Wildman–Crippen LogP) is 2.11. The lowest BCUT2D eigenvalue weighted by Gasteiger charge is -2.26. The second kappa shape index (κ2) is 11.5. The van der Waals surface area contributed by atoms with Crippen molar-refractivity contribution in [2.24, 2.45) is 10.4 Å². The van der Waals surface area contributed by atoms with Crippen LogP contribution < -0.4 is 10.6 Å². The van der Waals surface area contributed by atoms with Gasteiger partial charge in [-0.3, -0.25) is 4.79 Å². The molecule has 0 aliphatic rings.